The standard InChI is InChI=1S/C10H14FNO3S/c1-7-9(16(13,14)12(2)3)6-5-8(15-4)10(7)11/h5-6H,1-4H3. The zero-order chi connectivity index (χ0) is 12.5. The van der Waals surface area contributed by atoms with Crippen molar-refractivity contribution < 1.29 is 17.5 Å². The van der Waals surface area contributed by atoms with E-state index in [1.807, 2.05) is 0 Å². The molecule has 0 spiro atoms. The quantitative estimate of drug-likeness (QED) is 0.811. The highest BCUT2D eigenvalue weighted by Gasteiger charge is 2.22. The average molecular weight is 247 g/mol. The van der Waals surface area contributed by atoms with E-state index in [-0.39, 0.29) is 16.2 Å². The zero-order valence-electron chi connectivity index (χ0n) is 9.61. The van der Waals surface area contributed by atoms with Gasteiger partial charge in [-0.1, -0.05) is 0 Å². The Bertz CT molecular complexity index is 497. The normalized spacial score (nSPS) is 11.9. The van der Waals surface area contributed by atoms with Crippen molar-refractivity contribution in [1.29, 1.82) is 0 Å². The highest BCUT2D eigenvalue weighted by Crippen LogP contribution is 2.27. The van der Waals surface area contributed by atoms with Crippen LogP contribution in [-0.4, -0.2) is 33.9 Å². The Kier molecular flexibility index (Phi) is 3.54. The maximum Gasteiger partial charge on any atom is 0.242 e. The highest BCUT2D eigenvalue weighted by molar-refractivity contribution is 7.89. The number of ether oxygens (including phenoxy) is 1. The van der Waals surface area contributed by atoms with Gasteiger partial charge in [-0.2, -0.15) is 0 Å². The Morgan fingerprint density at radius 1 is 1.31 bits per heavy atom. The van der Waals surface area contributed by atoms with Crippen LogP contribution in [0.4, 0.5) is 4.39 Å². The lowest BCUT2D eigenvalue weighted by atomic mass is 10.2. The fourth-order valence-electron chi connectivity index (χ4n) is 1.28. The average Bonchev–Trinajstić information content (AvgIpc) is 2.21. The first-order valence-electron chi connectivity index (χ1n) is 4.58. The van der Waals surface area contributed by atoms with Gasteiger partial charge in [-0.15, -0.1) is 0 Å². The molecule has 1 aromatic rings. The zero-order valence-corrected chi connectivity index (χ0v) is 10.4. The van der Waals surface area contributed by atoms with E-state index in [4.69, 9.17) is 4.74 Å². The van der Waals surface area contributed by atoms with E-state index in [0.29, 0.717) is 0 Å². The lowest BCUT2D eigenvalue weighted by Crippen LogP contribution is -2.23. The molecule has 0 bridgehead atoms. The lowest BCUT2D eigenvalue weighted by Gasteiger charge is -2.14. The molecule has 1 aromatic carbocycles. The van der Waals surface area contributed by atoms with Gasteiger partial charge < -0.3 is 4.74 Å². The molecule has 0 fully saturated rings. The SMILES string of the molecule is COc1ccc(S(=O)(=O)N(C)C)c(C)c1F. The predicted molar refractivity (Wildman–Crippen MR) is 58.6 cm³/mol. The maximum atomic E-state index is 13.6. The lowest BCUT2D eigenvalue weighted by molar-refractivity contribution is 0.383. The molecule has 0 amide bonds. The first-order valence-corrected chi connectivity index (χ1v) is 6.02. The molecule has 0 unspecified atom stereocenters. The molecule has 0 N–H and O–H groups in total. The van der Waals surface area contributed by atoms with Crippen LogP contribution in [-0.2, 0) is 10.0 Å². The Morgan fingerprint density at radius 3 is 2.31 bits per heavy atom. The van der Waals surface area contributed by atoms with Gasteiger partial charge in [0, 0.05) is 19.7 Å². The van der Waals surface area contributed by atoms with Crippen LogP contribution in [0.1, 0.15) is 5.56 Å². The van der Waals surface area contributed by atoms with Crippen molar-refractivity contribution in [2.45, 2.75) is 11.8 Å². The third-order valence-corrected chi connectivity index (χ3v) is 4.24. The molecule has 0 atom stereocenters. The van der Waals surface area contributed by atoms with Crippen molar-refractivity contribution in [3.8, 4) is 5.75 Å². The summed E-state index contributed by atoms with van der Waals surface area (Å²) in [7, 11) is 0.513. The number of sulfonamides is 1. The van der Waals surface area contributed by atoms with Gasteiger partial charge in [0.25, 0.3) is 0 Å². The van der Waals surface area contributed by atoms with Crippen molar-refractivity contribution >= 4 is 10.0 Å². The van der Waals surface area contributed by atoms with E-state index in [0.717, 1.165) is 4.31 Å². The molecule has 0 aliphatic carbocycles. The van der Waals surface area contributed by atoms with Crippen LogP contribution in [0.2, 0.25) is 0 Å². The van der Waals surface area contributed by atoms with Crippen LogP contribution >= 0.6 is 0 Å². The summed E-state index contributed by atoms with van der Waals surface area (Å²) in [4.78, 5) is -0.0456. The van der Waals surface area contributed by atoms with Gasteiger partial charge in [0.1, 0.15) is 0 Å². The number of benzene rings is 1. The van der Waals surface area contributed by atoms with E-state index in [2.05, 4.69) is 0 Å². The monoisotopic (exact) mass is 247 g/mol. The molecule has 0 saturated heterocycles. The minimum Gasteiger partial charge on any atom is -0.494 e. The maximum absolute atomic E-state index is 13.6. The largest absolute Gasteiger partial charge is 0.494 e. The van der Waals surface area contributed by atoms with Crippen molar-refractivity contribution in [2.75, 3.05) is 21.2 Å². The van der Waals surface area contributed by atoms with E-state index < -0.39 is 15.8 Å². The predicted octanol–water partition coefficient (Wildman–Crippen LogP) is 1.39. The smallest absolute Gasteiger partial charge is 0.242 e. The summed E-state index contributed by atoms with van der Waals surface area (Å²) in [6.07, 6.45) is 0. The number of rotatable bonds is 3. The number of halogens is 1. The topological polar surface area (TPSA) is 46.6 Å². The molecule has 16 heavy (non-hydrogen) atoms. The van der Waals surface area contributed by atoms with E-state index in [1.54, 1.807) is 0 Å². The van der Waals surface area contributed by atoms with Crippen LogP contribution in [0.25, 0.3) is 0 Å². The Morgan fingerprint density at radius 2 is 1.88 bits per heavy atom. The number of methoxy groups -OCH3 is 1. The van der Waals surface area contributed by atoms with Crippen LogP contribution in [0.15, 0.2) is 17.0 Å². The van der Waals surface area contributed by atoms with E-state index in [9.17, 15) is 12.8 Å². The first-order chi connectivity index (χ1) is 7.32. The minimum absolute atomic E-state index is 0.0372. The summed E-state index contributed by atoms with van der Waals surface area (Å²) < 4.78 is 43.1. The van der Waals surface area contributed by atoms with E-state index >= 15 is 0 Å². The van der Waals surface area contributed by atoms with E-state index in [1.165, 1.54) is 40.3 Å². The number of hydrogen-bond donors (Lipinski definition) is 0. The van der Waals surface area contributed by atoms with Crippen molar-refractivity contribution in [1.82, 2.24) is 4.31 Å². The molecule has 6 heteroatoms. The molecule has 90 valence electrons. The van der Waals surface area contributed by atoms with Gasteiger partial charge in [0.2, 0.25) is 10.0 Å². The number of nitrogens with zero attached hydrogens (tertiary/aromatic N) is 1. The van der Waals surface area contributed by atoms with Gasteiger partial charge in [-0.05, 0) is 19.1 Å². The summed E-state index contributed by atoms with van der Waals surface area (Å²) >= 11 is 0. The Labute approximate surface area is 94.7 Å². The third kappa shape index (κ3) is 2.03. The second kappa shape index (κ2) is 4.39. The van der Waals surface area contributed by atoms with Crippen LogP contribution in [0.5, 0.6) is 5.75 Å². The van der Waals surface area contributed by atoms with Crippen LogP contribution in [0.3, 0.4) is 0 Å². The first kappa shape index (κ1) is 12.9. The fraction of sp³-hybridized carbons (Fsp3) is 0.400. The van der Waals surface area contributed by atoms with Gasteiger partial charge in [0.05, 0.1) is 12.0 Å². The molecule has 0 aromatic heterocycles. The molecule has 0 heterocycles. The van der Waals surface area contributed by atoms with Crippen molar-refractivity contribution in [3.05, 3.63) is 23.5 Å². The summed E-state index contributed by atoms with van der Waals surface area (Å²) in [5, 5.41) is 0. The van der Waals surface area contributed by atoms with Gasteiger partial charge >= 0.3 is 0 Å². The minimum atomic E-state index is -3.62. The fourth-order valence-corrected chi connectivity index (χ4v) is 2.39. The number of hydrogen-bond acceptors (Lipinski definition) is 3. The Balaban J connectivity index is 3.45. The van der Waals surface area contributed by atoms with Gasteiger partial charge in [0.15, 0.2) is 11.6 Å². The second-order valence-corrected chi connectivity index (χ2v) is 5.61. The van der Waals surface area contributed by atoms with Crippen molar-refractivity contribution in [2.24, 2.45) is 0 Å². The van der Waals surface area contributed by atoms with Gasteiger partial charge in [-0.3, -0.25) is 0 Å². The molecule has 0 saturated carbocycles. The summed E-state index contributed by atoms with van der Waals surface area (Å²) in [5.41, 5.74) is 0.0630. The Hall–Kier alpha value is -1.14. The highest BCUT2D eigenvalue weighted by atomic mass is 32.2. The summed E-state index contributed by atoms with van der Waals surface area (Å²) in [5.74, 6) is -0.611. The molecule has 4 nitrogen and oxygen atoms in total. The molecular formula is C10H14FNO3S. The summed E-state index contributed by atoms with van der Waals surface area (Å²) in [6, 6.07) is 2.64. The van der Waals surface area contributed by atoms with Crippen LogP contribution < -0.4 is 4.74 Å². The van der Waals surface area contributed by atoms with Gasteiger partial charge in [-0.25, -0.2) is 17.1 Å². The third-order valence-electron chi connectivity index (χ3n) is 2.28. The second-order valence-electron chi connectivity index (χ2n) is 3.49. The molecule has 1 rings (SSSR count). The molecule has 0 aliphatic heterocycles. The van der Waals surface area contributed by atoms with Crippen molar-refractivity contribution in [3.63, 3.8) is 0 Å². The molecule has 0 radical (unpaired) electrons. The molecular weight excluding hydrogens is 233 g/mol. The summed E-state index contributed by atoms with van der Waals surface area (Å²) in [6.45, 7) is 1.41. The van der Waals surface area contributed by atoms with Crippen LogP contribution in [0, 0.1) is 12.7 Å². The molecule has 0 aliphatic rings.